The van der Waals surface area contributed by atoms with Crippen LogP contribution < -0.4 is 15.0 Å². The van der Waals surface area contributed by atoms with Crippen molar-refractivity contribution in [1.29, 1.82) is 0 Å². The molecule has 7 nitrogen and oxygen atoms in total. The van der Waals surface area contributed by atoms with Gasteiger partial charge < -0.3 is 15.0 Å². The van der Waals surface area contributed by atoms with Crippen LogP contribution in [0.4, 0.5) is 11.4 Å². The highest BCUT2D eigenvalue weighted by atomic mass is 16.6. The average molecular weight is 355 g/mol. The summed E-state index contributed by atoms with van der Waals surface area (Å²) in [5.74, 6) is -0.156. The lowest BCUT2D eigenvalue weighted by atomic mass is 10.0. The molecule has 1 N–H and O–H groups in total. The van der Waals surface area contributed by atoms with Crippen molar-refractivity contribution in [2.24, 2.45) is 0 Å². The number of benzene rings is 2. The predicted molar refractivity (Wildman–Crippen MR) is 98.8 cm³/mol. The van der Waals surface area contributed by atoms with Gasteiger partial charge in [0.1, 0.15) is 0 Å². The van der Waals surface area contributed by atoms with Gasteiger partial charge in [0.25, 0.3) is 5.91 Å². The highest BCUT2D eigenvalue weighted by Crippen LogP contribution is 2.27. The molecule has 136 valence electrons. The third-order valence-corrected chi connectivity index (χ3v) is 4.59. The first kappa shape index (κ1) is 17.7. The maximum atomic E-state index is 12.5. The Bertz CT molecular complexity index is 787. The van der Waals surface area contributed by atoms with E-state index in [4.69, 9.17) is 4.74 Å². The molecule has 0 saturated carbocycles. The number of hydrogen-bond acceptors (Lipinski definition) is 5. The number of nitro benzene ring substituents is 1. The fraction of sp³-hybridized carbons (Fsp3) is 0.316. The van der Waals surface area contributed by atoms with Crippen LogP contribution in [0.2, 0.25) is 0 Å². The number of nitrogens with one attached hydrogen (secondary N) is 1. The molecule has 1 aliphatic rings. The Labute approximate surface area is 151 Å². The largest absolute Gasteiger partial charge is 0.490 e. The summed E-state index contributed by atoms with van der Waals surface area (Å²) < 4.78 is 4.97. The smallest absolute Gasteiger partial charge is 0.311 e. The molecule has 0 bridgehead atoms. The van der Waals surface area contributed by atoms with E-state index in [0.717, 1.165) is 25.9 Å². The van der Waals surface area contributed by atoms with Crippen molar-refractivity contribution in [1.82, 2.24) is 5.32 Å². The zero-order valence-electron chi connectivity index (χ0n) is 14.6. The Kier molecular flexibility index (Phi) is 5.36. The van der Waals surface area contributed by atoms with E-state index in [0.29, 0.717) is 0 Å². The van der Waals surface area contributed by atoms with Crippen molar-refractivity contribution in [2.75, 3.05) is 25.1 Å². The molecule has 0 spiro atoms. The Morgan fingerprint density at radius 2 is 1.88 bits per heavy atom. The van der Waals surface area contributed by atoms with Gasteiger partial charge in [-0.25, -0.2) is 0 Å². The van der Waals surface area contributed by atoms with Gasteiger partial charge in [-0.3, -0.25) is 14.9 Å². The number of carbonyl (C=O) groups is 1. The molecule has 0 radical (unpaired) electrons. The number of rotatable bonds is 5. The van der Waals surface area contributed by atoms with Crippen molar-refractivity contribution in [3.63, 3.8) is 0 Å². The number of anilines is 1. The van der Waals surface area contributed by atoms with E-state index in [9.17, 15) is 14.9 Å². The van der Waals surface area contributed by atoms with Crippen molar-refractivity contribution in [3.05, 3.63) is 64.2 Å². The van der Waals surface area contributed by atoms with E-state index < -0.39 is 4.92 Å². The second-order valence-corrected chi connectivity index (χ2v) is 6.21. The molecule has 1 heterocycles. The fourth-order valence-corrected chi connectivity index (χ4v) is 3.16. The molecule has 0 aromatic heterocycles. The summed E-state index contributed by atoms with van der Waals surface area (Å²) in [4.78, 5) is 25.3. The van der Waals surface area contributed by atoms with Gasteiger partial charge in [0, 0.05) is 36.4 Å². The molecule has 26 heavy (non-hydrogen) atoms. The molecule has 3 rings (SSSR count). The van der Waals surface area contributed by atoms with Crippen LogP contribution in [0, 0.1) is 10.1 Å². The first-order valence-electron chi connectivity index (χ1n) is 8.52. The third kappa shape index (κ3) is 3.93. The summed E-state index contributed by atoms with van der Waals surface area (Å²) in [5, 5.41) is 14.1. The third-order valence-electron chi connectivity index (χ3n) is 4.59. The van der Waals surface area contributed by atoms with Gasteiger partial charge >= 0.3 is 5.69 Å². The zero-order valence-corrected chi connectivity index (χ0v) is 14.6. The zero-order chi connectivity index (χ0) is 18.5. The number of methoxy groups -OCH3 is 1. The lowest BCUT2D eigenvalue weighted by Crippen LogP contribution is -2.44. The highest BCUT2D eigenvalue weighted by Gasteiger charge is 2.23. The minimum atomic E-state index is -0.548. The quantitative estimate of drug-likeness (QED) is 0.658. The monoisotopic (exact) mass is 355 g/mol. The number of hydrogen-bond donors (Lipinski definition) is 1. The van der Waals surface area contributed by atoms with Crippen LogP contribution in [-0.2, 0) is 0 Å². The van der Waals surface area contributed by atoms with Crippen LogP contribution in [0.1, 0.15) is 23.2 Å². The molecule has 7 heteroatoms. The van der Waals surface area contributed by atoms with E-state index in [-0.39, 0.29) is 28.9 Å². The van der Waals surface area contributed by atoms with Crippen molar-refractivity contribution in [3.8, 4) is 5.75 Å². The van der Waals surface area contributed by atoms with Crippen LogP contribution >= 0.6 is 0 Å². The number of nitro groups is 1. The molecule has 1 aliphatic heterocycles. The number of nitrogens with zero attached hydrogens (tertiary/aromatic N) is 2. The average Bonchev–Trinajstić information content (AvgIpc) is 2.68. The van der Waals surface area contributed by atoms with Crippen LogP contribution in [0.25, 0.3) is 0 Å². The molecule has 1 saturated heterocycles. The second-order valence-electron chi connectivity index (χ2n) is 6.21. The van der Waals surface area contributed by atoms with Gasteiger partial charge in [0.15, 0.2) is 5.75 Å². The minimum absolute atomic E-state index is 0.0589. The molecule has 0 aliphatic carbocycles. The van der Waals surface area contributed by atoms with Gasteiger partial charge in [0.2, 0.25) is 0 Å². The molecule has 2 aromatic rings. The number of carbonyl (C=O) groups excluding carboxylic acids is 1. The van der Waals surface area contributed by atoms with E-state index >= 15 is 0 Å². The topological polar surface area (TPSA) is 84.7 Å². The number of para-hydroxylation sites is 1. The standard InChI is InChI=1S/C19H21N3O4/c1-26-18-8-7-14(13-17(18)22(24)25)19(23)20-15-9-11-21(12-10-15)16-5-3-2-4-6-16/h2-8,13,15H,9-12H2,1H3,(H,20,23). The normalized spacial score (nSPS) is 14.7. The molecule has 1 fully saturated rings. The van der Waals surface area contributed by atoms with Gasteiger partial charge in [-0.2, -0.15) is 0 Å². The van der Waals surface area contributed by atoms with E-state index in [1.54, 1.807) is 6.07 Å². The van der Waals surface area contributed by atoms with E-state index in [1.165, 1.54) is 24.9 Å². The summed E-state index contributed by atoms with van der Waals surface area (Å²) in [6, 6.07) is 14.5. The van der Waals surface area contributed by atoms with Crippen molar-refractivity contribution < 1.29 is 14.5 Å². The summed E-state index contributed by atoms with van der Waals surface area (Å²) >= 11 is 0. The second kappa shape index (κ2) is 7.86. The van der Waals surface area contributed by atoms with Crippen LogP contribution in [0.15, 0.2) is 48.5 Å². The van der Waals surface area contributed by atoms with Crippen LogP contribution in [0.5, 0.6) is 5.75 Å². The van der Waals surface area contributed by atoms with E-state index in [2.05, 4.69) is 22.3 Å². The summed E-state index contributed by atoms with van der Waals surface area (Å²) in [7, 11) is 1.36. The number of piperidine rings is 1. The summed E-state index contributed by atoms with van der Waals surface area (Å²) in [6.07, 6.45) is 1.66. The predicted octanol–water partition coefficient (Wildman–Crippen LogP) is 3.00. The Balaban J connectivity index is 1.61. The Morgan fingerprint density at radius 3 is 2.50 bits per heavy atom. The number of ether oxygens (including phenoxy) is 1. The van der Waals surface area contributed by atoms with Crippen LogP contribution in [0.3, 0.4) is 0 Å². The lowest BCUT2D eigenvalue weighted by molar-refractivity contribution is -0.385. The molecular weight excluding hydrogens is 334 g/mol. The van der Waals surface area contributed by atoms with Crippen molar-refractivity contribution >= 4 is 17.3 Å². The summed E-state index contributed by atoms with van der Waals surface area (Å²) in [5.41, 5.74) is 1.24. The Morgan fingerprint density at radius 1 is 1.19 bits per heavy atom. The van der Waals surface area contributed by atoms with Gasteiger partial charge in [-0.05, 0) is 37.1 Å². The summed E-state index contributed by atoms with van der Waals surface area (Å²) in [6.45, 7) is 1.72. The SMILES string of the molecule is COc1ccc(C(=O)NC2CCN(c3ccccc3)CC2)cc1[N+](=O)[O-]. The maximum Gasteiger partial charge on any atom is 0.311 e. The Hall–Kier alpha value is -3.09. The molecule has 0 atom stereocenters. The van der Waals surface area contributed by atoms with Gasteiger partial charge in [0.05, 0.1) is 12.0 Å². The fourth-order valence-electron chi connectivity index (χ4n) is 3.16. The lowest BCUT2D eigenvalue weighted by Gasteiger charge is -2.34. The molecule has 0 unspecified atom stereocenters. The first-order chi connectivity index (χ1) is 12.6. The van der Waals surface area contributed by atoms with E-state index in [1.807, 2.05) is 18.2 Å². The minimum Gasteiger partial charge on any atom is -0.490 e. The van der Waals surface area contributed by atoms with Gasteiger partial charge in [-0.1, -0.05) is 18.2 Å². The van der Waals surface area contributed by atoms with Crippen LogP contribution in [-0.4, -0.2) is 37.1 Å². The maximum absolute atomic E-state index is 12.5. The molecule has 2 aromatic carbocycles. The molecular formula is C19H21N3O4. The molecule has 1 amide bonds. The van der Waals surface area contributed by atoms with Crippen molar-refractivity contribution in [2.45, 2.75) is 18.9 Å². The van der Waals surface area contributed by atoms with Gasteiger partial charge in [-0.15, -0.1) is 0 Å². The first-order valence-corrected chi connectivity index (χ1v) is 8.52. The highest BCUT2D eigenvalue weighted by molar-refractivity contribution is 5.95. The number of amides is 1.